The third-order valence-electron chi connectivity index (χ3n) is 4.37. The minimum absolute atomic E-state index is 0.336. The zero-order valence-corrected chi connectivity index (χ0v) is 13.9. The maximum absolute atomic E-state index is 13.2. The van der Waals surface area contributed by atoms with Crippen molar-refractivity contribution in [2.45, 2.75) is 12.1 Å². The number of aromatic nitrogens is 2. The fourth-order valence-corrected chi connectivity index (χ4v) is 3.26. The Hall–Kier alpha value is -2.76. The molecule has 3 aromatic rings. The van der Waals surface area contributed by atoms with Crippen molar-refractivity contribution in [2.75, 3.05) is 4.90 Å². The highest BCUT2D eigenvalue weighted by Crippen LogP contribution is 2.44. The average Bonchev–Trinajstić information content (AvgIpc) is 2.87. The fraction of sp³-hybridized carbons (Fsp3) is 0.105. The van der Waals surface area contributed by atoms with Crippen LogP contribution in [0.3, 0.4) is 0 Å². The van der Waals surface area contributed by atoms with Gasteiger partial charge in [-0.1, -0.05) is 41.9 Å². The summed E-state index contributed by atoms with van der Waals surface area (Å²) in [7, 11) is 0. The van der Waals surface area contributed by atoms with Gasteiger partial charge in [-0.15, -0.1) is 0 Å². The lowest BCUT2D eigenvalue weighted by Crippen LogP contribution is -2.41. The molecule has 1 amide bonds. The molecule has 0 spiro atoms. The summed E-state index contributed by atoms with van der Waals surface area (Å²) in [4.78, 5) is 22.6. The van der Waals surface area contributed by atoms with Gasteiger partial charge in [0.15, 0.2) is 5.60 Å². The van der Waals surface area contributed by atoms with E-state index in [1.165, 1.54) is 18.7 Å². The summed E-state index contributed by atoms with van der Waals surface area (Å²) in [5.74, 6) is -0.418. The highest BCUT2D eigenvalue weighted by Gasteiger charge is 2.51. The van der Waals surface area contributed by atoms with E-state index in [1.807, 2.05) is 24.3 Å². The van der Waals surface area contributed by atoms with Gasteiger partial charge in [0.2, 0.25) is 0 Å². The molecule has 6 heteroatoms. The molecule has 2 heterocycles. The van der Waals surface area contributed by atoms with E-state index >= 15 is 0 Å². The number of fused-ring (bicyclic) bond motifs is 1. The van der Waals surface area contributed by atoms with Crippen molar-refractivity contribution < 1.29 is 9.90 Å². The Kier molecular flexibility index (Phi) is 3.75. The lowest BCUT2D eigenvalue weighted by Gasteiger charge is -2.23. The fourth-order valence-electron chi connectivity index (χ4n) is 3.13. The van der Waals surface area contributed by atoms with Crippen molar-refractivity contribution in [3.05, 3.63) is 89.0 Å². The molecule has 5 nitrogen and oxygen atoms in total. The first-order valence-corrected chi connectivity index (χ1v) is 8.12. The van der Waals surface area contributed by atoms with Crippen LogP contribution in [-0.4, -0.2) is 21.0 Å². The number of aliphatic hydroxyl groups is 1. The van der Waals surface area contributed by atoms with Gasteiger partial charge in [0.1, 0.15) is 6.33 Å². The van der Waals surface area contributed by atoms with E-state index in [4.69, 9.17) is 11.6 Å². The van der Waals surface area contributed by atoms with Gasteiger partial charge in [0, 0.05) is 28.5 Å². The van der Waals surface area contributed by atoms with E-state index in [1.54, 1.807) is 29.2 Å². The molecule has 0 saturated heterocycles. The number of carbonyl (C=O) groups is 1. The van der Waals surface area contributed by atoms with Crippen LogP contribution in [0.15, 0.2) is 67.3 Å². The van der Waals surface area contributed by atoms with Crippen LogP contribution in [0.2, 0.25) is 5.02 Å². The topological polar surface area (TPSA) is 66.3 Å². The first-order chi connectivity index (χ1) is 12.1. The number of amides is 1. The van der Waals surface area contributed by atoms with Gasteiger partial charge in [-0.05, 0) is 23.8 Å². The number of anilines is 1. The molecule has 1 aromatic heterocycles. The predicted octanol–water partition coefficient (Wildman–Crippen LogP) is 2.91. The summed E-state index contributed by atoms with van der Waals surface area (Å²) in [6, 6.07) is 14.5. The Morgan fingerprint density at radius 3 is 2.44 bits per heavy atom. The molecule has 1 aliphatic heterocycles. The minimum Gasteiger partial charge on any atom is -0.372 e. The number of hydrogen-bond acceptors (Lipinski definition) is 4. The van der Waals surface area contributed by atoms with Gasteiger partial charge in [0.05, 0.1) is 12.2 Å². The molecule has 0 radical (unpaired) electrons. The molecule has 124 valence electrons. The van der Waals surface area contributed by atoms with Crippen LogP contribution >= 0.6 is 11.6 Å². The number of rotatable bonds is 3. The van der Waals surface area contributed by atoms with Gasteiger partial charge in [-0.3, -0.25) is 4.79 Å². The SMILES string of the molecule is O=C1N(Cc2ccc(Cl)cc2)c2ccccc2[C@]1(O)c1cncnc1. The Balaban J connectivity index is 1.80. The summed E-state index contributed by atoms with van der Waals surface area (Å²) in [5.41, 5.74) is 0.689. The van der Waals surface area contributed by atoms with Gasteiger partial charge >= 0.3 is 0 Å². The molecule has 0 fully saturated rings. The Bertz CT molecular complexity index is 931. The van der Waals surface area contributed by atoms with Crippen LogP contribution in [0.1, 0.15) is 16.7 Å². The van der Waals surface area contributed by atoms with Crippen LogP contribution in [0, 0.1) is 0 Å². The number of benzene rings is 2. The molecule has 1 N–H and O–H groups in total. The highest BCUT2D eigenvalue weighted by molar-refractivity contribution is 6.30. The zero-order valence-electron chi connectivity index (χ0n) is 13.1. The molecule has 1 aliphatic rings. The summed E-state index contributed by atoms with van der Waals surface area (Å²) in [6.45, 7) is 0.336. The zero-order chi connectivity index (χ0) is 17.4. The van der Waals surface area contributed by atoms with E-state index in [-0.39, 0.29) is 0 Å². The van der Waals surface area contributed by atoms with Crippen molar-refractivity contribution in [3.63, 3.8) is 0 Å². The maximum atomic E-state index is 13.2. The number of halogens is 1. The predicted molar refractivity (Wildman–Crippen MR) is 94.1 cm³/mol. The van der Waals surface area contributed by atoms with Gasteiger partial charge < -0.3 is 10.0 Å². The first kappa shape index (κ1) is 15.7. The van der Waals surface area contributed by atoms with E-state index in [0.717, 1.165) is 5.56 Å². The molecule has 25 heavy (non-hydrogen) atoms. The summed E-state index contributed by atoms with van der Waals surface area (Å²) < 4.78 is 0. The third-order valence-corrected chi connectivity index (χ3v) is 4.62. The van der Waals surface area contributed by atoms with Crippen LogP contribution in [0.25, 0.3) is 0 Å². The van der Waals surface area contributed by atoms with Crippen LogP contribution in [-0.2, 0) is 16.9 Å². The van der Waals surface area contributed by atoms with Crippen molar-refractivity contribution in [1.82, 2.24) is 9.97 Å². The normalized spacial score (nSPS) is 19.1. The van der Waals surface area contributed by atoms with E-state index in [2.05, 4.69) is 9.97 Å². The minimum atomic E-state index is -1.79. The average molecular weight is 352 g/mol. The lowest BCUT2D eigenvalue weighted by atomic mass is 9.89. The quantitative estimate of drug-likeness (QED) is 0.788. The summed E-state index contributed by atoms with van der Waals surface area (Å²) in [5, 5.41) is 11.9. The monoisotopic (exact) mass is 351 g/mol. The van der Waals surface area contributed by atoms with Crippen molar-refractivity contribution in [1.29, 1.82) is 0 Å². The smallest absolute Gasteiger partial charge is 0.268 e. The molecule has 0 unspecified atom stereocenters. The van der Waals surface area contributed by atoms with Crippen molar-refractivity contribution >= 4 is 23.2 Å². The number of hydrogen-bond donors (Lipinski definition) is 1. The van der Waals surface area contributed by atoms with E-state index < -0.39 is 11.5 Å². The number of nitrogens with zero attached hydrogens (tertiary/aromatic N) is 3. The largest absolute Gasteiger partial charge is 0.372 e. The standard InChI is InChI=1S/C19H14ClN3O2/c20-15-7-5-13(6-8-15)11-23-17-4-2-1-3-16(17)19(25,18(23)24)14-9-21-12-22-10-14/h1-10,12,25H,11H2/t19-/m1/s1. The first-order valence-electron chi connectivity index (χ1n) is 7.74. The molecule has 0 bridgehead atoms. The summed E-state index contributed by atoms with van der Waals surface area (Å²) in [6.07, 6.45) is 4.30. The van der Waals surface area contributed by atoms with Crippen molar-refractivity contribution in [3.8, 4) is 0 Å². The van der Waals surface area contributed by atoms with Crippen LogP contribution in [0.5, 0.6) is 0 Å². The van der Waals surface area contributed by atoms with Crippen LogP contribution < -0.4 is 4.90 Å². The van der Waals surface area contributed by atoms with Crippen molar-refractivity contribution in [2.24, 2.45) is 0 Å². The molecular weight excluding hydrogens is 338 g/mol. The molecule has 0 saturated carbocycles. The van der Waals surface area contributed by atoms with Gasteiger partial charge in [-0.25, -0.2) is 9.97 Å². The molecule has 2 aromatic carbocycles. The summed E-state index contributed by atoms with van der Waals surface area (Å²) >= 11 is 5.93. The third kappa shape index (κ3) is 2.49. The molecule has 1 atom stereocenters. The van der Waals surface area contributed by atoms with Crippen LogP contribution in [0.4, 0.5) is 5.69 Å². The maximum Gasteiger partial charge on any atom is 0.268 e. The molecule has 4 rings (SSSR count). The Morgan fingerprint density at radius 2 is 1.72 bits per heavy atom. The number of carbonyl (C=O) groups excluding carboxylic acids is 1. The Morgan fingerprint density at radius 1 is 1.04 bits per heavy atom. The molecule has 0 aliphatic carbocycles. The van der Waals surface area contributed by atoms with E-state index in [0.29, 0.717) is 28.4 Å². The second-order valence-corrected chi connectivity index (χ2v) is 6.31. The lowest BCUT2D eigenvalue weighted by molar-refractivity contribution is -0.132. The second kappa shape index (κ2) is 5.95. The second-order valence-electron chi connectivity index (χ2n) is 5.87. The van der Waals surface area contributed by atoms with Gasteiger partial charge in [-0.2, -0.15) is 0 Å². The number of para-hydroxylation sites is 1. The molecular formula is C19H14ClN3O2. The van der Waals surface area contributed by atoms with Gasteiger partial charge in [0.25, 0.3) is 5.91 Å². The Labute approximate surface area is 149 Å². The van der Waals surface area contributed by atoms with E-state index in [9.17, 15) is 9.90 Å². The highest BCUT2D eigenvalue weighted by atomic mass is 35.5.